The average molecular weight is 1320 g/mol. The molecule has 0 saturated carbocycles. The van der Waals surface area contributed by atoms with E-state index in [1.54, 1.807) is 59.5 Å². The van der Waals surface area contributed by atoms with E-state index >= 15 is 0 Å². The first-order valence-electron chi connectivity index (χ1n) is 48.0. The standard InChI is InChI=1S/C19H26N.4C18H24N/c1-13(2)16-11-18(14(3)4)19(20(6)12-16)17-10-8-7-9-15(17)5;2*1-6-15-12-19(5)18(11-17(15)13(2)3)16-10-8-7-9-14(16)4;2*1-6-15-11-18(16-10-8-7-9-14(16)4)19(5)12-17(15)13(2)3/h7-14H,1-6H3;4*7-13H,6H2,1-5H3/q5*+1/i1D3,3D3,13D,14D;1D3,2D3,6D2,13D;2D3,13D;2D3,6D2,13D;2D3,13D. The number of benzene rings is 5. The zero-order chi connectivity index (χ0) is 97.4. The SMILES string of the molecule is [2H]C([2H])(C)c1cc(-c2ccccc2C)[n+](C)cc1C([2H])(C)C([2H])([2H])[2H].[2H]C([2H])([2H])C([2H])(C)c1c[n+](C)c(-c2ccccc2C)cc1CC.[2H]C([2H])([2H])C([2H])(C)c1cc(-c2ccccc2C)[n+](C)cc1CC.[2H]C([2H])([2H])C([2H])(C)c1cc(C([2H])(C)C([2H])([2H])[2H])c(-c2ccccc2C)[n+](C)c1.[2H]C([2H])([2H])C([2H])([2H])c1c[n+](C)c(-c2ccccc2C)cc1C([2H])(C)C([2H])([2H])[2H]. The Balaban J connectivity index is 0.000000246. The van der Waals surface area contributed by atoms with E-state index in [0.717, 1.165) is 85.2 Å². The second-order valence-corrected chi connectivity index (χ2v) is 24.6. The molecule has 0 saturated heterocycles. The minimum atomic E-state index is -3.02. The predicted molar refractivity (Wildman–Crippen MR) is 411 cm³/mol. The van der Waals surface area contributed by atoms with E-state index in [2.05, 4.69) is 19.1 Å². The molecule has 5 heteroatoms. The van der Waals surface area contributed by atoms with Gasteiger partial charge in [-0.3, -0.25) is 0 Å². The minimum absolute atomic E-state index is 0.144. The first-order chi connectivity index (χ1) is 57.5. The van der Waals surface area contributed by atoms with Crippen LogP contribution in [0.3, 0.4) is 0 Å². The van der Waals surface area contributed by atoms with Gasteiger partial charge in [-0.15, -0.1) is 0 Å². The molecule has 0 aliphatic carbocycles. The monoisotopic (exact) mass is 1320 g/mol. The third-order valence-corrected chi connectivity index (χ3v) is 17.2. The lowest BCUT2D eigenvalue weighted by molar-refractivity contribution is -0.661. The topological polar surface area (TPSA) is 19.4 Å². The van der Waals surface area contributed by atoms with Gasteiger partial charge in [-0.1, -0.05) is 201 Å². The summed E-state index contributed by atoms with van der Waals surface area (Å²) in [4.78, 5) is 0. The van der Waals surface area contributed by atoms with Crippen molar-refractivity contribution >= 4 is 0 Å². The Bertz CT molecular complexity index is 5560. The minimum Gasteiger partial charge on any atom is -0.201 e. The van der Waals surface area contributed by atoms with Gasteiger partial charge in [0.05, 0.1) is 0 Å². The zero-order valence-electron chi connectivity index (χ0n) is 91.0. The molecule has 0 amide bonds. The van der Waals surface area contributed by atoms with Crippen LogP contribution in [0.1, 0.15) is 272 Å². The van der Waals surface area contributed by atoms with Gasteiger partial charge in [0.2, 0.25) is 28.5 Å². The Morgan fingerprint density at radius 1 is 0.323 bits per heavy atom. The van der Waals surface area contributed by atoms with Crippen LogP contribution in [0.4, 0.5) is 0 Å². The van der Waals surface area contributed by atoms with Gasteiger partial charge in [-0.05, 0) is 182 Å². The number of aromatic nitrogens is 5. The summed E-state index contributed by atoms with van der Waals surface area (Å²) in [6.45, 7) is 4.87. The molecular weight excluding hydrogens is 1160 g/mol. The fourth-order valence-electron chi connectivity index (χ4n) is 11.8. The first-order valence-corrected chi connectivity index (χ1v) is 32.5. The highest BCUT2D eigenvalue weighted by Crippen LogP contribution is 2.33. The van der Waals surface area contributed by atoms with Gasteiger partial charge in [-0.2, -0.15) is 0 Å². The summed E-state index contributed by atoms with van der Waals surface area (Å²) in [5, 5.41) is 0. The lowest BCUT2D eigenvalue weighted by Gasteiger charge is -2.15. The zero-order valence-corrected chi connectivity index (χ0v) is 60.0. The van der Waals surface area contributed by atoms with Crippen LogP contribution in [0.15, 0.2) is 183 Å². The molecule has 0 radical (unpaired) electrons. The summed E-state index contributed by atoms with van der Waals surface area (Å²) in [5.74, 6) is -11.3. The van der Waals surface area contributed by atoms with Crippen LogP contribution in [0.5, 0.6) is 0 Å². The number of hydrogen-bond donors (Lipinski definition) is 0. The van der Waals surface area contributed by atoms with Crippen molar-refractivity contribution in [1.82, 2.24) is 0 Å². The molecule has 6 atom stereocenters. The summed E-state index contributed by atoms with van der Waals surface area (Å²) in [5.41, 5.74) is 16.9. The largest absolute Gasteiger partial charge is 0.216 e. The maximum absolute atomic E-state index is 8.66. The molecule has 0 aliphatic heterocycles. The summed E-state index contributed by atoms with van der Waals surface area (Å²) in [6, 6.07) is 47.1. The molecule has 0 aliphatic rings. The van der Waals surface area contributed by atoms with E-state index in [1.165, 1.54) is 65.4 Å². The molecule has 96 heavy (non-hydrogen) atoms. The molecule has 6 unspecified atom stereocenters. The second-order valence-electron chi connectivity index (χ2n) is 24.6. The Morgan fingerprint density at radius 2 is 0.646 bits per heavy atom. The van der Waals surface area contributed by atoms with Crippen LogP contribution < -0.4 is 22.8 Å². The predicted octanol–water partition coefficient (Wildman–Crippen LogP) is 21.4. The number of rotatable bonds is 15. The van der Waals surface area contributed by atoms with Crippen molar-refractivity contribution in [3.8, 4) is 56.3 Å². The molecule has 0 spiro atoms. The Morgan fingerprint density at radius 3 is 1.02 bits per heavy atom. The van der Waals surface area contributed by atoms with E-state index < -0.39 is 96.1 Å². The van der Waals surface area contributed by atoms with Crippen LogP contribution in [-0.4, -0.2) is 0 Å². The van der Waals surface area contributed by atoms with Gasteiger partial charge < -0.3 is 0 Å². The van der Waals surface area contributed by atoms with Crippen LogP contribution in [-0.2, 0) is 60.8 Å². The molecule has 0 bridgehead atoms. The number of pyridine rings is 5. The summed E-state index contributed by atoms with van der Waals surface area (Å²) < 4.78 is 255. The van der Waals surface area contributed by atoms with E-state index in [-0.39, 0.29) is 33.4 Å². The van der Waals surface area contributed by atoms with E-state index in [4.69, 9.17) is 42.5 Å². The molecule has 5 aromatic heterocycles. The maximum atomic E-state index is 8.66. The Labute approximate surface area is 627 Å². The van der Waals surface area contributed by atoms with Crippen molar-refractivity contribution in [1.29, 1.82) is 0 Å². The lowest BCUT2D eigenvalue weighted by Crippen LogP contribution is -2.33. The van der Waals surface area contributed by atoms with E-state index in [0.29, 0.717) is 35.4 Å². The lowest BCUT2D eigenvalue weighted by atomic mass is 9.91. The van der Waals surface area contributed by atoms with Crippen molar-refractivity contribution in [2.75, 3.05) is 0 Å². The fourth-order valence-corrected chi connectivity index (χ4v) is 11.8. The quantitative estimate of drug-likeness (QED) is 0.0912. The molecule has 0 N–H and O–H groups in total. The van der Waals surface area contributed by atoms with Gasteiger partial charge in [0.1, 0.15) is 35.2 Å². The van der Waals surface area contributed by atoms with Gasteiger partial charge in [-0.25, -0.2) is 22.8 Å². The van der Waals surface area contributed by atoms with Crippen molar-refractivity contribution in [3.63, 3.8) is 0 Å². The van der Waals surface area contributed by atoms with Gasteiger partial charge >= 0.3 is 0 Å². The summed E-state index contributed by atoms with van der Waals surface area (Å²) in [7, 11) is 8.97. The van der Waals surface area contributed by atoms with E-state index in [9.17, 15) is 0 Å². The van der Waals surface area contributed by atoms with Crippen molar-refractivity contribution < 1.29 is 65.3 Å². The molecule has 506 valence electrons. The highest BCUT2D eigenvalue weighted by atomic mass is 14.9. The summed E-state index contributed by atoms with van der Waals surface area (Å²) in [6.07, 6.45) is 4.98. The number of nitrogens with zero attached hydrogens (tertiary/aromatic N) is 5. The highest BCUT2D eigenvalue weighted by molar-refractivity contribution is 5.67. The Hall–Kier alpha value is -8.15. The molecule has 5 aromatic carbocycles. The fraction of sp³-hybridized carbons (Fsp3) is 0.396. The maximum Gasteiger partial charge on any atom is 0.216 e. The smallest absolute Gasteiger partial charge is 0.201 e. The van der Waals surface area contributed by atoms with Gasteiger partial charge in [0.15, 0.2) is 31.0 Å². The molecule has 5 heterocycles. The van der Waals surface area contributed by atoms with Crippen molar-refractivity contribution in [2.24, 2.45) is 35.2 Å². The normalized spacial score (nSPS) is 20.8. The number of aryl methyl sites for hydroxylation is 14. The Kier molecular flexibility index (Phi) is 16.1. The molecular formula is C91H122N5+5. The molecule has 5 nitrogen and oxygen atoms in total. The molecule has 0 fully saturated rings. The average Bonchev–Trinajstić information content (AvgIpc) is 0.746. The summed E-state index contributed by atoms with van der Waals surface area (Å²) >= 11 is 0. The van der Waals surface area contributed by atoms with Crippen LogP contribution in [0.2, 0.25) is 0 Å². The third-order valence-electron chi connectivity index (χ3n) is 17.2. The number of hydrogen-bond acceptors (Lipinski definition) is 0. The van der Waals surface area contributed by atoms with Gasteiger partial charge in [0, 0.05) is 128 Å². The second kappa shape index (κ2) is 35.7. The van der Waals surface area contributed by atoms with Crippen LogP contribution in [0.25, 0.3) is 56.3 Å². The van der Waals surface area contributed by atoms with Crippen LogP contribution in [0, 0.1) is 34.6 Å². The third kappa shape index (κ3) is 19.3. The van der Waals surface area contributed by atoms with Gasteiger partial charge in [0.25, 0.3) is 0 Å². The molecule has 10 rings (SSSR count). The first kappa shape index (κ1) is 43.2. The molecule has 10 aromatic rings. The van der Waals surface area contributed by atoms with Crippen molar-refractivity contribution in [2.45, 2.75) is 206 Å². The van der Waals surface area contributed by atoms with Crippen LogP contribution >= 0.6 is 0 Å². The van der Waals surface area contributed by atoms with Crippen molar-refractivity contribution in [3.05, 3.63) is 266 Å². The highest BCUT2D eigenvalue weighted by Gasteiger charge is 2.25. The van der Waals surface area contributed by atoms with E-state index in [1.807, 2.05) is 192 Å².